The van der Waals surface area contributed by atoms with E-state index in [9.17, 15) is 9.90 Å². The van der Waals surface area contributed by atoms with Crippen LogP contribution in [0.5, 0.6) is 0 Å². The van der Waals surface area contributed by atoms with Gasteiger partial charge in [-0.3, -0.25) is 14.8 Å². The Labute approximate surface area is 123 Å². The van der Waals surface area contributed by atoms with Crippen LogP contribution in [-0.2, 0) is 11.3 Å². The highest BCUT2D eigenvalue weighted by molar-refractivity contribution is 5.78. The Bertz CT molecular complexity index is 634. The number of carboxylic acid groups (broad SMARTS) is 1. The van der Waals surface area contributed by atoms with Gasteiger partial charge in [-0.1, -0.05) is 30.3 Å². The molecule has 0 amide bonds. The average molecular weight is 285 g/mol. The van der Waals surface area contributed by atoms with E-state index in [-0.39, 0.29) is 0 Å². The molecule has 5 nitrogen and oxygen atoms in total. The van der Waals surface area contributed by atoms with Crippen molar-refractivity contribution in [2.75, 3.05) is 0 Å². The van der Waals surface area contributed by atoms with Crippen LogP contribution in [0.1, 0.15) is 19.8 Å². The van der Waals surface area contributed by atoms with E-state index in [2.05, 4.69) is 10.4 Å². The molecule has 2 aromatic rings. The predicted molar refractivity (Wildman–Crippen MR) is 79.9 cm³/mol. The van der Waals surface area contributed by atoms with Crippen LogP contribution in [-0.4, -0.2) is 32.4 Å². The van der Waals surface area contributed by atoms with Gasteiger partial charge in [-0.2, -0.15) is 5.10 Å². The molecule has 0 aliphatic heterocycles. The van der Waals surface area contributed by atoms with E-state index < -0.39 is 11.5 Å². The average Bonchev–Trinajstić information content (AvgIpc) is 3.15. The lowest BCUT2D eigenvalue weighted by Crippen LogP contribution is -2.53. The van der Waals surface area contributed by atoms with Crippen molar-refractivity contribution in [2.24, 2.45) is 0 Å². The van der Waals surface area contributed by atoms with Crippen LogP contribution in [0.2, 0.25) is 0 Å². The van der Waals surface area contributed by atoms with Crippen molar-refractivity contribution in [3.05, 3.63) is 42.7 Å². The van der Waals surface area contributed by atoms with Crippen LogP contribution in [0.3, 0.4) is 0 Å². The molecule has 0 spiro atoms. The third-order valence-electron chi connectivity index (χ3n) is 3.79. The Morgan fingerprint density at radius 1 is 1.38 bits per heavy atom. The summed E-state index contributed by atoms with van der Waals surface area (Å²) in [4.78, 5) is 11.6. The maximum atomic E-state index is 11.6. The molecule has 1 aliphatic rings. The van der Waals surface area contributed by atoms with Crippen molar-refractivity contribution < 1.29 is 9.90 Å². The number of nitrogens with zero attached hydrogens (tertiary/aromatic N) is 2. The molecule has 1 aliphatic carbocycles. The van der Waals surface area contributed by atoms with Crippen molar-refractivity contribution >= 4 is 5.97 Å². The van der Waals surface area contributed by atoms with E-state index >= 15 is 0 Å². The van der Waals surface area contributed by atoms with Gasteiger partial charge in [-0.15, -0.1) is 0 Å². The fourth-order valence-corrected chi connectivity index (χ4v) is 2.41. The molecular weight excluding hydrogens is 266 g/mol. The first-order chi connectivity index (χ1) is 10.1. The van der Waals surface area contributed by atoms with E-state index in [1.54, 1.807) is 17.8 Å². The summed E-state index contributed by atoms with van der Waals surface area (Å²) in [5.74, 6) is -0.842. The van der Waals surface area contributed by atoms with Crippen LogP contribution in [0, 0.1) is 0 Å². The number of carboxylic acids is 1. The summed E-state index contributed by atoms with van der Waals surface area (Å²) in [5.41, 5.74) is 1.09. The molecule has 1 atom stereocenters. The maximum absolute atomic E-state index is 11.6. The number of aromatic nitrogens is 2. The molecular formula is C16H19N3O2. The second-order valence-corrected chi connectivity index (χ2v) is 5.85. The normalized spacial score (nSPS) is 17.4. The Hall–Kier alpha value is -2.14. The molecule has 5 heteroatoms. The fourth-order valence-electron chi connectivity index (χ4n) is 2.41. The maximum Gasteiger partial charge on any atom is 0.325 e. The summed E-state index contributed by atoms with van der Waals surface area (Å²) >= 11 is 0. The monoisotopic (exact) mass is 285 g/mol. The van der Waals surface area contributed by atoms with Gasteiger partial charge in [0, 0.05) is 17.8 Å². The standard InChI is InChI=1S/C16H19N3O2/c1-16(15(20)21,18-14-7-8-14)11-19-10-13(9-17-19)12-5-3-2-4-6-12/h2-6,9-10,14,18H,7-8,11H2,1H3,(H,20,21). The molecule has 3 rings (SSSR count). The minimum absolute atomic E-state index is 0.311. The number of rotatable bonds is 6. The molecule has 2 N–H and O–H groups in total. The zero-order chi connectivity index (χ0) is 14.9. The van der Waals surface area contributed by atoms with Crippen LogP contribution in [0.15, 0.2) is 42.7 Å². The Morgan fingerprint density at radius 3 is 2.71 bits per heavy atom. The molecule has 1 saturated carbocycles. The van der Waals surface area contributed by atoms with Crippen molar-refractivity contribution in [1.29, 1.82) is 0 Å². The van der Waals surface area contributed by atoms with Gasteiger partial charge in [0.25, 0.3) is 0 Å². The largest absolute Gasteiger partial charge is 0.480 e. The Morgan fingerprint density at radius 2 is 2.10 bits per heavy atom. The summed E-state index contributed by atoms with van der Waals surface area (Å²) in [5, 5.41) is 17.0. The predicted octanol–water partition coefficient (Wildman–Crippen LogP) is 2.15. The highest BCUT2D eigenvalue weighted by Crippen LogP contribution is 2.24. The first kappa shape index (κ1) is 13.8. The second-order valence-electron chi connectivity index (χ2n) is 5.85. The van der Waals surface area contributed by atoms with E-state index in [0.717, 1.165) is 24.0 Å². The molecule has 0 saturated heterocycles. The smallest absolute Gasteiger partial charge is 0.325 e. The lowest BCUT2D eigenvalue weighted by molar-refractivity contribution is -0.145. The summed E-state index contributed by atoms with van der Waals surface area (Å²) in [6.07, 6.45) is 5.77. The lowest BCUT2D eigenvalue weighted by atomic mass is 10.0. The van der Waals surface area contributed by atoms with Crippen molar-refractivity contribution in [3.8, 4) is 11.1 Å². The number of hydrogen-bond donors (Lipinski definition) is 2. The van der Waals surface area contributed by atoms with E-state index in [1.165, 1.54) is 0 Å². The third kappa shape index (κ3) is 3.13. The van der Waals surface area contributed by atoms with E-state index in [0.29, 0.717) is 12.6 Å². The quantitative estimate of drug-likeness (QED) is 0.853. The zero-order valence-corrected chi connectivity index (χ0v) is 12.0. The molecule has 1 unspecified atom stereocenters. The van der Waals surface area contributed by atoms with Gasteiger partial charge >= 0.3 is 5.97 Å². The fraction of sp³-hybridized carbons (Fsp3) is 0.375. The molecule has 1 aromatic carbocycles. The van der Waals surface area contributed by atoms with E-state index in [1.807, 2.05) is 36.5 Å². The number of hydrogen-bond acceptors (Lipinski definition) is 3. The van der Waals surface area contributed by atoms with Crippen LogP contribution >= 0.6 is 0 Å². The van der Waals surface area contributed by atoms with Gasteiger partial charge < -0.3 is 5.11 Å². The summed E-state index contributed by atoms with van der Waals surface area (Å²) < 4.78 is 1.70. The van der Waals surface area contributed by atoms with Gasteiger partial charge in [-0.05, 0) is 25.3 Å². The molecule has 0 radical (unpaired) electrons. The molecule has 1 aromatic heterocycles. The van der Waals surface area contributed by atoms with E-state index in [4.69, 9.17) is 0 Å². The van der Waals surface area contributed by atoms with Gasteiger partial charge in [0.1, 0.15) is 5.54 Å². The van der Waals surface area contributed by atoms with Gasteiger partial charge in [0.2, 0.25) is 0 Å². The first-order valence-corrected chi connectivity index (χ1v) is 7.16. The van der Waals surface area contributed by atoms with Crippen LogP contribution in [0.4, 0.5) is 0 Å². The highest BCUT2D eigenvalue weighted by Gasteiger charge is 2.39. The summed E-state index contributed by atoms with van der Waals surface area (Å²) in [7, 11) is 0. The third-order valence-corrected chi connectivity index (χ3v) is 3.79. The highest BCUT2D eigenvalue weighted by atomic mass is 16.4. The molecule has 0 bridgehead atoms. The minimum atomic E-state index is -0.985. The van der Waals surface area contributed by atoms with Crippen molar-refractivity contribution in [1.82, 2.24) is 15.1 Å². The van der Waals surface area contributed by atoms with Crippen molar-refractivity contribution in [3.63, 3.8) is 0 Å². The molecule has 110 valence electrons. The SMILES string of the molecule is CC(Cn1cc(-c2ccccc2)cn1)(NC1CC1)C(=O)O. The number of carbonyl (C=O) groups is 1. The van der Waals surface area contributed by atoms with Crippen LogP contribution < -0.4 is 5.32 Å². The summed E-state index contributed by atoms with van der Waals surface area (Å²) in [6.45, 7) is 2.03. The lowest BCUT2D eigenvalue weighted by Gasteiger charge is -2.26. The topological polar surface area (TPSA) is 67.2 Å². The minimum Gasteiger partial charge on any atom is -0.480 e. The van der Waals surface area contributed by atoms with Gasteiger partial charge in [0.15, 0.2) is 0 Å². The summed E-state index contributed by atoms with van der Waals surface area (Å²) in [6, 6.07) is 10.3. The van der Waals surface area contributed by atoms with Gasteiger partial charge in [-0.25, -0.2) is 0 Å². The zero-order valence-electron chi connectivity index (χ0n) is 12.0. The number of aliphatic carboxylic acids is 1. The number of benzene rings is 1. The first-order valence-electron chi connectivity index (χ1n) is 7.16. The molecule has 1 heterocycles. The number of nitrogens with one attached hydrogen (secondary N) is 1. The Balaban J connectivity index is 1.77. The molecule has 21 heavy (non-hydrogen) atoms. The molecule has 1 fully saturated rings. The second kappa shape index (κ2) is 5.33. The van der Waals surface area contributed by atoms with Crippen molar-refractivity contribution in [2.45, 2.75) is 37.9 Å². The van der Waals surface area contributed by atoms with Gasteiger partial charge in [0.05, 0.1) is 12.7 Å². The van der Waals surface area contributed by atoms with Crippen LogP contribution in [0.25, 0.3) is 11.1 Å². The Kier molecular flexibility index (Phi) is 3.51.